The molecular formula is C57H76Cl2FN7O10. The van der Waals surface area contributed by atoms with Crippen molar-refractivity contribution in [3.05, 3.63) is 123 Å². The van der Waals surface area contributed by atoms with Crippen LogP contribution in [0.1, 0.15) is 95.2 Å². The van der Waals surface area contributed by atoms with Crippen LogP contribution in [0.2, 0.25) is 10.0 Å². The molecule has 1 saturated heterocycles. The summed E-state index contributed by atoms with van der Waals surface area (Å²) in [4.78, 5) is 67.8. The smallest absolute Gasteiger partial charge is 0.255 e. The van der Waals surface area contributed by atoms with E-state index in [1.54, 1.807) is 48.5 Å². The number of aldehydes is 3. The van der Waals surface area contributed by atoms with Crippen LogP contribution in [0.25, 0.3) is 0 Å². The van der Waals surface area contributed by atoms with Gasteiger partial charge in [0.15, 0.2) is 0 Å². The molecule has 6 N–H and O–H groups in total. The van der Waals surface area contributed by atoms with E-state index in [4.69, 9.17) is 42.1 Å². The van der Waals surface area contributed by atoms with Crippen molar-refractivity contribution in [2.45, 2.75) is 81.3 Å². The molecule has 4 aromatic carbocycles. The summed E-state index contributed by atoms with van der Waals surface area (Å²) in [6, 6.07) is 22.3. The van der Waals surface area contributed by atoms with E-state index in [2.05, 4.69) is 38.8 Å². The van der Waals surface area contributed by atoms with E-state index in [-0.39, 0.29) is 34.6 Å². The van der Waals surface area contributed by atoms with Crippen molar-refractivity contribution in [2.75, 3.05) is 110 Å². The average molecular weight is 1110 g/mol. The zero-order chi connectivity index (χ0) is 55.9. The number of hydrogen-bond acceptors (Lipinski definition) is 14. The van der Waals surface area contributed by atoms with Crippen molar-refractivity contribution in [3.63, 3.8) is 0 Å². The first-order valence-corrected chi connectivity index (χ1v) is 26.7. The summed E-state index contributed by atoms with van der Waals surface area (Å²) >= 11 is 12.4. The topological polar surface area (TPSA) is 215 Å². The second-order valence-corrected chi connectivity index (χ2v) is 19.4. The molecule has 20 heteroatoms. The summed E-state index contributed by atoms with van der Waals surface area (Å²) in [6.45, 7) is 8.88. The van der Waals surface area contributed by atoms with Crippen molar-refractivity contribution in [1.29, 1.82) is 0 Å². The van der Waals surface area contributed by atoms with E-state index in [1.165, 1.54) is 11.3 Å². The number of carbonyl (C=O) groups excluding carboxylic acids is 6. The third-order valence-corrected chi connectivity index (χ3v) is 14.3. The zero-order valence-electron chi connectivity index (χ0n) is 44.6. The first-order chi connectivity index (χ1) is 37.4. The SMILES string of the molecule is CNC.CNCCOCCOCCOCCOCCNc1cccc2c1CN(C(C=O)CCC=O)C2=O.C[C@@]1(c2ccc(Cl)cc2NC=O)C(c2cccc(Cl)c2F)CNC12CCCCC2.O=CNc1ccc(C=O)cc1. The van der Waals surface area contributed by atoms with Gasteiger partial charge in [0, 0.05) is 88.2 Å². The molecule has 1 aliphatic carbocycles. The number of likely N-dealkylation sites (N-methyl/N-ethyl adjacent to an activating group) is 1. The number of nitrogens with one attached hydrogen (secondary N) is 6. The molecule has 2 heterocycles. The summed E-state index contributed by atoms with van der Waals surface area (Å²) in [7, 11) is 5.63. The van der Waals surface area contributed by atoms with Gasteiger partial charge in [0.2, 0.25) is 12.8 Å². The summed E-state index contributed by atoms with van der Waals surface area (Å²) in [5.41, 5.74) is 5.22. The van der Waals surface area contributed by atoms with Gasteiger partial charge < -0.3 is 65.3 Å². The number of amides is 3. The minimum absolute atomic E-state index is 0.132. The Kier molecular flexibility index (Phi) is 29.0. The van der Waals surface area contributed by atoms with E-state index in [9.17, 15) is 28.8 Å². The largest absolute Gasteiger partial charge is 0.382 e. The van der Waals surface area contributed by atoms with Crippen LogP contribution < -0.4 is 31.9 Å². The lowest BCUT2D eigenvalue weighted by molar-refractivity contribution is -0.112. The van der Waals surface area contributed by atoms with Gasteiger partial charge in [-0.15, -0.1) is 0 Å². The van der Waals surface area contributed by atoms with Gasteiger partial charge in [-0.1, -0.05) is 73.7 Å². The van der Waals surface area contributed by atoms with Crippen LogP contribution in [-0.2, 0) is 50.1 Å². The highest BCUT2D eigenvalue weighted by atomic mass is 35.5. The van der Waals surface area contributed by atoms with Crippen LogP contribution in [0, 0.1) is 5.82 Å². The van der Waals surface area contributed by atoms with Gasteiger partial charge in [0.05, 0.1) is 63.9 Å². The maximum absolute atomic E-state index is 15.1. The predicted octanol–water partition coefficient (Wildman–Crippen LogP) is 7.84. The fourth-order valence-corrected chi connectivity index (χ4v) is 10.3. The van der Waals surface area contributed by atoms with Crippen LogP contribution in [0.15, 0.2) is 78.9 Å². The Bertz CT molecular complexity index is 2450. The van der Waals surface area contributed by atoms with E-state index in [0.717, 1.165) is 67.9 Å². The molecule has 7 rings (SSSR count). The lowest BCUT2D eigenvalue weighted by atomic mass is 9.56. The number of rotatable bonds is 28. The monoisotopic (exact) mass is 1110 g/mol. The van der Waals surface area contributed by atoms with Gasteiger partial charge in [-0.25, -0.2) is 4.39 Å². The van der Waals surface area contributed by atoms with Crippen molar-refractivity contribution in [1.82, 2.24) is 20.9 Å². The van der Waals surface area contributed by atoms with Gasteiger partial charge in [0.1, 0.15) is 24.7 Å². The number of ether oxygens (including phenoxy) is 4. The molecule has 2 aliphatic heterocycles. The van der Waals surface area contributed by atoms with Gasteiger partial charge in [-0.2, -0.15) is 0 Å². The number of benzene rings is 4. The highest BCUT2D eigenvalue weighted by Crippen LogP contribution is 2.58. The highest BCUT2D eigenvalue weighted by molar-refractivity contribution is 6.31. The molecule has 1 spiro atoms. The van der Waals surface area contributed by atoms with E-state index in [1.807, 2.05) is 51.5 Å². The molecule has 0 aromatic heterocycles. The standard InChI is InChI=1S/C24H37N3O7.C23H25Cl2FN2O.C8H7NO2.C2H7N/c1-25-7-10-31-12-14-33-16-17-34-15-13-32-11-8-26-23-6-2-5-21-22(23)18-27(24(21)30)20(19-29)4-3-9-28;1-22(17-9-8-15(24)12-20(17)27-14-29)18(16-6-5-7-19(25)21(16)26)13-28-23(22)10-3-2-4-11-23;10-5-7-1-3-8(4-2-7)9-6-11;1-3-2/h2,5-6,9,19-20,25-26H,3-4,7-8,10-18H2,1H3;5-9,12,14,18,28H,2-4,10-11,13H2,1H3,(H,27,29);1-6H,(H,9,11);3H,1-2H3/t;18?,22-;;/m.1../s1. The van der Waals surface area contributed by atoms with Crippen molar-refractivity contribution in [3.8, 4) is 0 Å². The van der Waals surface area contributed by atoms with Crippen LogP contribution in [0.4, 0.5) is 21.5 Å². The minimum Gasteiger partial charge on any atom is -0.382 e. The Balaban J connectivity index is 0.000000268. The Labute approximate surface area is 462 Å². The minimum atomic E-state index is -0.594. The first kappa shape index (κ1) is 63.9. The summed E-state index contributed by atoms with van der Waals surface area (Å²) < 4.78 is 37.0. The molecule has 3 amide bonds. The zero-order valence-corrected chi connectivity index (χ0v) is 46.2. The molecule has 1 saturated carbocycles. The Morgan fingerprint density at radius 3 is 1.99 bits per heavy atom. The van der Waals surface area contributed by atoms with Crippen molar-refractivity contribution in [2.24, 2.45) is 0 Å². The first-order valence-electron chi connectivity index (χ1n) is 26.0. The van der Waals surface area contributed by atoms with E-state index < -0.39 is 11.5 Å². The highest BCUT2D eigenvalue weighted by Gasteiger charge is 2.59. The lowest BCUT2D eigenvalue weighted by Gasteiger charge is -2.49. The van der Waals surface area contributed by atoms with Crippen LogP contribution in [-0.4, -0.2) is 148 Å². The number of fused-ring (bicyclic) bond motifs is 1. The third kappa shape index (κ3) is 18.5. The Morgan fingerprint density at radius 2 is 1.39 bits per heavy atom. The van der Waals surface area contributed by atoms with Crippen molar-refractivity contribution >= 4 is 77.8 Å². The summed E-state index contributed by atoms with van der Waals surface area (Å²) in [5, 5.41) is 18.8. The van der Waals surface area contributed by atoms with Crippen molar-refractivity contribution < 1.29 is 52.1 Å². The Morgan fingerprint density at radius 1 is 0.766 bits per heavy atom. The maximum Gasteiger partial charge on any atom is 0.255 e. The molecule has 420 valence electrons. The molecule has 2 fully saturated rings. The van der Waals surface area contributed by atoms with Gasteiger partial charge in [-0.05, 0) is 106 Å². The van der Waals surface area contributed by atoms with Crippen LogP contribution in [0.3, 0.4) is 0 Å². The predicted molar refractivity (Wildman–Crippen MR) is 300 cm³/mol. The number of hydrogen-bond donors (Lipinski definition) is 6. The number of nitrogens with zero attached hydrogens (tertiary/aromatic N) is 1. The number of halogens is 3. The Hall–Kier alpha value is -5.67. The fourth-order valence-electron chi connectivity index (χ4n) is 9.92. The molecule has 3 atom stereocenters. The number of anilines is 3. The molecule has 0 bridgehead atoms. The fraction of sp³-hybridized carbons (Fsp3) is 0.474. The second-order valence-electron chi connectivity index (χ2n) is 18.6. The quantitative estimate of drug-likeness (QED) is 0.0236. The molecule has 77 heavy (non-hydrogen) atoms. The molecular weight excluding hydrogens is 1030 g/mol. The number of carbonyl (C=O) groups is 6. The van der Waals surface area contributed by atoms with Gasteiger partial charge in [0.25, 0.3) is 5.91 Å². The van der Waals surface area contributed by atoms with Gasteiger partial charge >= 0.3 is 0 Å². The molecule has 0 radical (unpaired) electrons. The summed E-state index contributed by atoms with van der Waals surface area (Å²) in [6.07, 6.45) is 9.56. The van der Waals surface area contributed by atoms with Gasteiger partial charge in [-0.3, -0.25) is 19.2 Å². The maximum atomic E-state index is 15.1. The van der Waals surface area contributed by atoms with Crippen LogP contribution >= 0.6 is 23.2 Å². The van der Waals surface area contributed by atoms with E-state index in [0.29, 0.717) is 125 Å². The third-order valence-electron chi connectivity index (χ3n) is 13.7. The van der Waals surface area contributed by atoms with Crippen LogP contribution in [0.5, 0.6) is 0 Å². The van der Waals surface area contributed by atoms with E-state index >= 15 is 4.39 Å². The second kappa shape index (κ2) is 35.0. The molecule has 2 unspecified atom stereocenters. The molecule has 4 aromatic rings. The molecule has 17 nitrogen and oxygen atoms in total. The molecule has 3 aliphatic rings. The average Bonchev–Trinajstić information content (AvgIpc) is 3.93. The lowest BCUT2D eigenvalue weighted by Crippen LogP contribution is -2.55. The summed E-state index contributed by atoms with van der Waals surface area (Å²) in [5.74, 6) is -0.674. The normalized spacial score (nSPS) is 17.3.